The Labute approximate surface area is 222 Å². The largest absolute Gasteiger partial charge is 0.573 e. The molecule has 10 heteroatoms. The van der Waals surface area contributed by atoms with E-state index in [1.165, 1.54) is 12.1 Å². The fourth-order valence-corrected chi connectivity index (χ4v) is 4.65. The summed E-state index contributed by atoms with van der Waals surface area (Å²) in [6.45, 7) is 4.03. The molecule has 0 fully saturated rings. The molecule has 0 amide bonds. The van der Waals surface area contributed by atoms with Crippen LogP contribution < -0.4 is 15.5 Å². The number of nitrogens with zero attached hydrogens (tertiary/aromatic N) is 2. The first-order valence-corrected chi connectivity index (χ1v) is 12.2. The second kappa shape index (κ2) is 10.3. The molecule has 0 aliphatic heterocycles. The summed E-state index contributed by atoms with van der Waals surface area (Å²) in [6.07, 6.45) is -1.59. The topological polar surface area (TPSA) is 71.7 Å². The fourth-order valence-electron chi connectivity index (χ4n) is 4.49. The molecule has 4 aromatic rings. The number of alkyl halides is 3. The summed E-state index contributed by atoms with van der Waals surface area (Å²) in [7, 11) is 0. The van der Waals surface area contributed by atoms with Gasteiger partial charge < -0.3 is 14.6 Å². The van der Waals surface area contributed by atoms with E-state index >= 15 is 0 Å². The zero-order valence-electron chi connectivity index (χ0n) is 20.5. The summed E-state index contributed by atoms with van der Waals surface area (Å²) in [4.78, 5) is 0. The van der Waals surface area contributed by atoms with Crippen molar-refractivity contribution in [1.82, 2.24) is 10.6 Å². The average Bonchev–Trinajstić information content (AvgIpc) is 3.30. The van der Waals surface area contributed by atoms with Gasteiger partial charge in [-0.1, -0.05) is 35.5 Å². The van der Waals surface area contributed by atoms with Gasteiger partial charge in [-0.15, -0.1) is 13.2 Å². The van der Waals surface area contributed by atoms with Crippen molar-refractivity contribution in [3.63, 3.8) is 0 Å². The normalized spacial score (nSPS) is 12.7. The number of hydrazone groups is 1. The Bertz CT molecular complexity index is 1510. The van der Waals surface area contributed by atoms with Gasteiger partial charge in [0.25, 0.3) is 0 Å². The highest BCUT2D eigenvalue weighted by Gasteiger charge is 2.31. The number of nitrogens with one attached hydrogen (secondary N) is 2. The Hall–Kier alpha value is -4.18. The Balaban J connectivity index is 1.28. The quantitative estimate of drug-likeness (QED) is 0.164. The second-order valence-corrected chi connectivity index (χ2v) is 9.33. The van der Waals surface area contributed by atoms with E-state index in [0.717, 1.165) is 45.5 Å². The number of rotatable bonds is 5. The predicted molar refractivity (Wildman–Crippen MR) is 144 cm³/mol. The summed E-state index contributed by atoms with van der Waals surface area (Å²) >= 11 is 5.37. The molecule has 1 aromatic heterocycles. The number of benzene rings is 3. The molecule has 1 aliphatic rings. The highest BCUT2D eigenvalue weighted by molar-refractivity contribution is 7.80. The molecule has 2 N–H and O–H groups in total. The van der Waals surface area contributed by atoms with Crippen LogP contribution in [0.4, 0.5) is 18.9 Å². The summed E-state index contributed by atoms with van der Waals surface area (Å²) < 4.78 is 47.0. The Morgan fingerprint density at radius 2 is 1.79 bits per heavy atom. The summed E-state index contributed by atoms with van der Waals surface area (Å²) in [5.74, 6) is 0.381. The first-order chi connectivity index (χ1) is 18.2. The molecule has 1 heterocycles. The molecule has 0 saturated heterocycles. The van der Waals surface area contributed by atoms with Gasteiger partial charge in [0, 0.05) is 22.4 Å². The van der Waals surface area contributed by atoms with E-state index in [-0.39, 0.29) is 5.75 Å². The minimum absolute atomic E-state index is 0.283. The van der Waals surface area contributed by atoms with Crippen molar-refractivity contribution in [3.05, 3.63) is 88.5 Å². The van der Waals surface area contributed by atoms with E-state index in [0.29, 0.717) is 28.6 Å². The Morgan fingerprint density at radius 1 is 1.05 bits per heavy atom. The monoisotopic (exact) mass is 536 g/mol. The number of hydrogen-bond donors (Lipinski definition) is 2. The summed E-state index contributed by atoms with van der Waals surface area (Å²) in [5.41, 5.74) is 11.1. The van der Waals surface area contributed by atoms with Crippen LogP contribution in [0.2, 0.25) is 0 Å². The van der Waals surface area contributed by atoms with Crippen LogP contribution in [0, 0.1) is 13.8 Å². The molecule has 0 bridgehead atoms. The Kier molecular flexibility index (Phi) is 6.90. The lowest BCUT2D eigenvalue weighted by Crippen LogP contribution is -2.24. The highest BCUT2D eigenvalue weighted by atomic mass is 32.1. The van der Waals surface area contributed by atoms with Crippen LogP contribution in [0.25, 0.3) is 22.6 Å². The minimum atomic E-state index is -4.74. The van der Waals surface area contributed by atoms with Crippen LogP contribution >= 0.6 is 12.2 Å². The highest BCUT2D eigenvalue weighted by Crippen LogP contribution is 2.39. The molecule has 38 heavy (non-hydrogen) atoms. The number of halogens is 3. The lowest BCUT2D eigenvalue weighted by Gasteiger charge is -2.16. The standard InChI is InChI=1S/C28H23F3N4O2S/c1-16-4-3-5-17(2)24(16)33-27(38)34-32-15-18-6-12-22-20(14-18)9-13-23-25(35-37-26(22)23)19-7-10-21(11-8-19)36-28(29,30)31/h3-8,10-12,14-15H,9,13H2,1-2H3,(H2,33,34,38). The average molecular weight is 537 g/mol. The zero-order chi connectivity index (χ0) is 26.9. The van der Waals surface area contributed by atoms with Crippen molar-refractivity contribution < 1.29 is 22.4 Å². The van der Waals surface area contributed by atoms with Crippen LogP contribution in [0.15, 0.2) is 70.3 Å². The number of aromatic nitrogens is 1. The minimum Gasteiger partial charge on any atom is -0.406 e. The number of para-hydroxylation sites is 1. The van der Waals surface area contributed by atoms with Gasteiger partial charge in [-0.25, -0.2) is 0 Å². The molecule has 0 unspecified atom stereocenters. The lowest BCUT2D eigenvalue weighted by molar-refractivity contribution is -0.274. The van der Waals surface area contributed by atoms with E-state index in [4.69, 9.17) is 16.7 Å². The smallest absolute Gasteiger partial charge is 0.406 e. The van der Waals surface area contributed by atoms with Gasteiger partial charge >= 0.3 is 6.36 Å². The molecule has 0 radical (unpaired) electrons. The van der Waals surface area contributed by atoms with Crippen LogP contribution in [0.3, 0.4) is 0 Å². The molecule has 6 nitrogen and oxygen atoms in total. The zero-order valence-corrected chi connectivity index (χ0v) is 21.3. The van der Waals surface area contributed by atoms with Crippen molar-refractivity contribution >= 4 is 29.2 Å². The number of aryl methyl sites for hydroxylation is 3. The second-order valence-electron chi connectivity index (χ2n) is 8.92. The number of hydrogen-bond acceptors (Lipinski definition) is 5. The van der Waals surface area contributed by atoms with Crippen LogP contribution in [-0.2, 0) is 12.8 Å². The van der Waals surface area contributed by atoms with Crippen LogP contribution in [0.5, 0.6) is 5.75 Å². The van der Waals surface area contributed by atoms with E-state index < -0.39 is 6.36 Å². The third-order valence-corrected chi connectivity index (χ3v) is 6.46. The van der Waals surface area contributed by atoms with Crippen molar-refractivity contribution in [3.8, 4) is 28.3 Å². The van der Waals surface area contributed by atoms with E-state index in [9.17, 15) is 13.2 Å². The van der Waals surface area contributed by atoms with Crippen molar-refractivity contribution in [2.45, 2.75) is 33.1 Å². The van der Waals surface area contributed by atoms with Gasteiger partial charge in [-0.2, -0.15) is 5.10 Å². The molecule has 194 valence electrons. The maximum absolute atomic E-state index is 12.5. The number of ether oxygens (including phenoxy) is 1. The molecule has 0 spiro atoms. The molecule has 0 atom stereocenters. The number of fused-ring (bicyclic) bond motifs is 3. The Morgan fingerprint density at radius 3 is 2.50 bits per heavy atom. The summed E-state index contributed by atoms with van der Waals surface area (Å²) in [6, 6.07) is 17.6. The van der Waals surface area contributed by atoms with E-state index in [2.05, 4.69) is 25.7 Å². The van der Waals surface area contributed by atoms with Gasteiger partial charge in [0.05, 0.1) is 6.21 Å². The molecule has 3 aromatic carbocycles. The third-order valence-electron chi connectivity index (χ3n) is 6.27. The lowest BCUT2D eigenvalue weighted by atomic mass is 9.87. The van der Waals surface area contributed by atoms with Crippen molar-refractivity contribution in [2.75, 3.05) is 5.32 Å². The first kappa shape index (κ1) is 25.5. The third kappa shape index (κ3) is 5.55. The van der Waals surface area contributed by atoms with Gasteiger partial charge in [-0.3, -0.25) is 5.43 Å². The molecule has 1 aliphatic carbocycles. The molecular formula is C28H23F3N4O2S. The van der Waals surface area contributed by atoms with E-state index in [1.807, 2.05) is 50.2 Å². The van der Waals surface area contributed by atoms with Gasteiger partial charge in [0.15, 0.2) is 10.9 Å². The summed E-state index contributed by atoms with van der Waals surface area (Å²) in [5, 5.41) is 12.1. The van der Waals surface area contributed by atoms with Gasteiger partial charge in [0.2, 0.25) is 0 Å². The van der Waals surface area contributed by atoms with Gasteiger partial charge in [0.1, 0.15) is 11.4 Å². The maximum Gasteiger partial charge on any atom is 0.573 e. The van der Waals surface area contributed by atoms with E-state index in [1.54, 1.807) is 18.3 Å². The fraction of sp³-hybridized carbons (Fsp3) is 0.179. The van der Waals surface area contributed by atoms with Crippen molar-refractivity contribution in [1.29, 1.82) is 0 Å². The molecule has 0 saturated carbocycles. The number of anilines is 1. The SMILES string of the molecule is Cc1cccc(C)c1NC(=S)NN=Cc1ccc2c(c1)CCc1c(-c3ccc(OC(F)(F)F)cc3)noc1-2. The predicted octanol–water partition coefficient (Wildman–Crippen LogP) is 6.94. The van der Waals surface area contributed by atoms with Crippen LogP contribution in [0.1, 0.15) is 27.8 Å². The molecule has 5 rings (SSSR count). The first-order valence-electron chi connectivity index (χ1n) is 11.8. The van der Waals surface area contributed by atoms with Gasteiger partial charge in [-0.05, 0) is 91.5 Å². The number of thiocarbonyl (C=S) groups is 1. The van der Waals surface area contributed by atoms with Crippen molar-refractivity contribution in [2.24, 2.45) is 5.10 Å². The van der Waals surface area contributed by atoms with Crippen LogP contribution in [-0.4, -0.2) is 22.8 Å². The molecular weight excluding hydrogens is 513 g/mol. The maximum atomic E-state index is 12.5.